The smallest absolute Gasteiger partial charge is 0.326 e. The first-order valence-corrected chi connectivity index (χ1v) is 6.51. The lowest BCUT2D eigenvalue weighted by Gasteiger charge is -2.32. The molecule has 18 heavy (non-hydrogen) atoms. The van der Waals surface area contributed by atoms with Crippen molar-refractivity contribution >= 4 is 12.0 Å². The SMILES string of the molecule is O=C(O)C(NC(=O)N1CCC(CO)CC1)C1CC1. The monoisotopic (exact) mass is 256 g/mol. The van der Waals surface area contributed by atoms with Crippen molar-refractivity contribution in [2.75, 3.05) is 19.7 Å². The standard InChI is InChI=1S/C12H20N2O4/c15-7-8-3-5-14(6-4-8)12(18)13-10(11(16)17)9-1-2-9/h8-10,15H,1-7H2,(H,13,18)(H,16,17). The molecule has 0 radical (unpaired) electrons. The van der Waals surface area contributed by atoms with Gasteiger partial charge in [-0.3, -0.25) is 0 Å². The number of carboxylic acid groups (broad SMARTS) is 1. The van der Waals surface area contributed by atoms with Gasteiger partial charge in [-0.2, -0.15) is 0 Å². The van der Waals surface area contributed by atoms with E-state index in [1.165, 1.54) is 0 Å². The molecule has 0 aromatic heterocycles. The van der Waals surface area contributed by atoms with Crippen molar-refractivity contribution in [1.29, 1.82) is 0 Å². The summed E-state index contributed by atoms with van der Waals surface area (Å²) in [4.78, 5) is 24.6. The zero-order valence-electron chi connectivity index (χ0n) is 10.3. The van der Waals surface area contributed by atoms with Gasteiger partial charge in [-0.15, -0.1) is 0 Å². The van der Waals surface area contributed by atoms with Crippen molar-refractivity contribution in [1.82, 2.24) is 10.2 Å². The van der Waals surface area contributed by atoms with Crippen molar-refractivity contribution in [2.24, 2.45) is 11.8 Å². The summed E-state index contributed by atoms with van der Waals surface area (Å²) in [5.74, 6) is -0.578. The van der Waals surface area contributed by atoms with E-state index in [0.717, 1.165) is 25.7 Å². The lowest BCUT2D eigenvalue weighted by atomic mass is 9.98. The van der Waals surface area contributed by atoms with E-state index >= 15 is 0 Å². The fraction of sp³-hybridized carbons (Fsp3) is 0.833. The molecular weight excluding hydrogens is 236 g/mol. The molecule has 1 heterocycles. The van der Waals surface area contributed by atoms with E-state index in [9.17, 15) is 9.59 Å². The molecule has 1 aliphatic heterocycles. The first kappa shape index (κ1) is 13.1. The highest BCUT2D eigenvalue weighted by atomic mass is 16.4. The fourth-order valence-electron chi connectivity index (χ4n) is 2.35. The highest BCUT2D eigenvalue weighted by Crippen LogP contribution is 2.32. The van der Waals surface area contributed by atoms with E-state index in [2.05, 4.69) is 5.32 Å². The molecule has 3 N–H and O–H groups in total. The number of aliphatic carboxylic acids is 1. The van der Waals surface area contributed by atoms with Crippen LogP contribution in [0.15, 0.2) is 0 Å². The van der Waals surface area contributed by atoms with Crippen LogP contribution >= 0.6 is 0 Å². The van der Waals surface area contributed by atoms with Crippen LogP contribution in [0.4, 0.5) is 4.79 Å². The molecule has 0 aromatic rings. The van der Waals surface area contributed by atoms with E-state index in [0.29, 0.717) is 13.1 Å². The molecule has 102 valence electrons. The third-order valence-electron chi connectivity index (χ3n) is 3.80. The molecule has 0 spiro atoms. The predicted octanol–water partition coefficient (Wildman–Crippen LogP) is 0.263. The number of hydrogen-bond acceptors (Lipinski definition) is 3. The fourth-order valence-corrected chi connectivity index (χ4v) is 2.35. The number of nitrogens with zero attached hydrogens (tertiary/aromatic N) is 1. The summed E-state index contributed by atoms with van der Waals surface area (Å²) in [5, 5.41) is 20.7. The maximum Gasteiger partial charge on any atom is 0.326 e. The van der Waals surface area contributed by atoms with Gasteiger partial charge in [-0.25, -0.2) is 9.59 Å². The molecule has 1 saturated heterocycles. The second-order valence-electron chi connectivity index (χ2n) is 5.22. The van der Waals surface area contributed by atoms with Gasteiger partial charge in [0.2, 0.25) is 0 Å². The minimum atomic E-state index is -0.948. The van der Waals surface area contributed by atoms with Crippen LogP contribution in [0.2, 0.25) is 0 Å². The van der Waals surface area contributed by atoms with Crippen molar-refractivity contribution in [3.8, 4) is 0 Å². The Kier molecular flexibility index (Phi) is 4.06. The van der Waals surface area contributed by atoms with Gasteiger partial charge in [0.15, 0.2) is 0 Å². The summed E-state index contributed by atoms with van der Waals surface area (Å²) in [5.41, 5.74) is 0. The number of likely N-dealkylation sites (tertiary alicyclic amines) is 1. The van der Waals surface area contributed by atoms with E-state index in [-0.39, 0.29) is 24.5 Å². The highest BCUT2D eigenvalue weighted by Gasteiger charge is 2.38. The van der Waals surface area contributed by atoms with Crippen LogP contribution in [-0.2, 0) is 4.79 Å². The van der Waals surface area contributed by atoms with Crippen LogP contribution < -0.4 is 5.32 Å². The number of urea groups is 1. The average molecular weight is 256 g/mol. The van der Waals surface area contributed by atoms with Crippen LogP contribution in [-0.4, -0.2) is 52.9 Å². The normalized spacial score (nSPS) is 22.6. The number of aliphatic hydroxyl groups excluding tert-OH is 1. The van der Waals surface area contributed by atoms with Crippen LogP contribution in [0.25, 0.3) is 0 Å². The lowest BCUT2D eigenvalue weighted by Crippen LogP contribution is -2.51. The van der Waals surface area contributed by atoms with Crippen LogP contribution in [0.3, 0.4) is 0 Å². The molecule has 0 aromatic carbocycles. The van der Waals surface area contributed by atoms with Gasteiger partial charge in [0.1, 0.15) is 6.04 Å². The summed E-state index contributed by atoms with van der Waals surface area (Å²) in [6.07, 6.45) is 3.32. The predicted molar refractivity (Wildman–Crippen MR) is 64.1 cm³/mol. The minimum Gasteiger partial charge on any atom is -0.480 e. The zero-order chi connectivity index (χ0) is 13.1. The van der Waals surface area contributed by atoms with Gasteiger partial charge in [-0.1, -0.05) is 0 Å². The number of rotatable bonds is 4. The quantitative estimate of drug-likeness (QED) is 0.673. The molecule has 6 nitrogen and oxygen atoms in total. The molecule has 2 rings (SSSR count). The number of carboxylic acids is 1. The number of carbonyl (C=O) groups excluding carboxylic acids is 1. The second-order valence-corrected chi connectivity index (χ2v) is 5.22. The van der Waals surface area contributed by atoms with Gasteiger partial charge >= 0.3 is 12.0 Å². The second kappa shape index (κ2) is 5.56. The van der Waals surface area contributed by atoms with E-state index in [1.807, 2.05) is 0 Å². The number of aliphatic hydroxyl groups is 1. The first-order valence-electron chi connectivity index (χ1n) is 6.51. The summed E-state index contributed by atoms with van der Waals surface area (Å²) in [6, 6.07) is -1.03. The summed E-state index contributed by atoms with van der Waals surface area (Å²) in [6.45, 7) is 1.34. The molecule has 6 heteroatoms. The molecule has 0 bridgehead atoms. The van der Waals surface area contributed by atoms with Crippen LogP contribution in [0, 0.1) is 11.8 Å². The van der Waals surface area contributed by atoms with Crippen LogP contribution in [0.5, 0.6) is 0 Å². The third kappa shape index (κ3) is 3.13. The van der Waals surface area contributed by atoms with E-state index in [4.69, 9.17) is 10.2 Å². The Bertz CT molecular complexity index is 322. The Balaban J connectivity index is 1.82. The molecule has 1 saturated carbocycles. The molecule has 2 fully saturated rings. The molecule has 1 atom stereocenters. The number of piperidine rings is 1. The Morgan fingerprint density at radius 3 is 2.28 bits per heavy atom. The molecule has 1 unspecified atom stereocenters. The molecule has 2 amide bonds. The third-order valence-corrected chi connectivity index (χ3v) is 3.80. The number of hydrogen-bond donors (Lipinski definition) is 3. The molecular formula is C12H20N2O4. The Hall–Kier alpha value is -1.30. The van der Waals surface area contributed by atoms with E-state index in [1.54, 1.807) is 4.90 Å². The van der Waals surface area contributed by atoms with Crippen molar-refractivity contribution in [2.45, 2.75) is 31.7 Å². The van der Waals surface area contributed by atoms with Gasteiger partial charge in [0.25, 0.3) is 0 Å². The Morgan fingerprint density at radius 1 is 1.22 bits per heavy atom. The largest absolute Gasteiger partial charge is 0.480 e. The summed E-state index contributed by atoms with van der Waals surface area (Å²) in [7, 11) is 0. The highest BCUT2D eigenvalue weighted by molar-refractivity contribution is 5.83. The molecule has 1 aliphatic carbocycles. The molecule has 2 aliphatic rings. The van der Waals surface area contributed by atoms with Crippen molar-refractivity contribution in [3.63, 3.8) is 0 Å². The average Bonchev–Trinajstić information content (AvgIpc) is 3.19. The number of amides is 2. The Morgan fingerprint density at radius 2 is 1.83 bits per heavy atom. The first-order chi connectivity index (χ1) is 8.61. The van der Waals surface area contributed by atoms with Crippen molar-refractivity contribution < 1.29 is 19.8 Å². The zero-order valence-corrected chi connectivity index (χ0v) is 10.3. The summed E-state index contributed by atoms with van der Waals surface area (Å²) >= 11 is 0. The van der Waals surface area contributed by atoms with E-state index < -0.39 is 12.0 Å². The topological polar surface area (TPSA) is 89.9 Å². The number of carbonyl (C=O) groups is 2. The van der Waals surface area contributed by atoms with Gasteiger partial charge in [-0.05, 0) is 37.5 Å². The van der Waals surface area contributed by atoms with Gasteiger partial charge < -0.3 is 20.4 Å². The maximum absolute atomic E-state index is 11.9. The summed E-state index contributed by atoms with van der Waals surface area (Å²) < 4.78 is 0. The van der Waals surface area contributed by atoms with Crippen LogP contribution in [0.1, 0.15) is 25.7 Å². The Labute approximate surface area is 106 Å². The lowest BCUT2D eigenvalue weighted by molar-refractivity contribution is -0.139. The van der Waals surface area contributed by atoms with Gasteiger partial charge in [0.05, 0.1) is 0 Å². The number of nitrogens with one attached hydrogen (secondary N) is 1. The minimum absolute atomic E-state index is 0.0985. The maximum atomic E-state index is 11.9. The van der Waals surface area contributed by atoms with Gasteiger partial charge in [0, 0.05) is 19.7 Å². The van der Waals surface area contributed by atoms with Crippen molar-refractivity contribution in [3.05, 3.63) is 0 Å².